The van der Waals surface area contributed by atoms with Crippen molar-refractivity contribution < 1.29 is 5.11 Å². The van der Waals surface area contributed by atoms with Gasteiger partial charge >= 0.3 is 0 Å². The smallest absolute Gasteiger partial charge is 0.119 e. The maximum atomic E-state index is 10.2. The lowest BCUT2D eigenvalue weighted by Gasteiger charge is -2.23. The van der Waals surface area contributed by atoms with Gasteiger partial charge in [0.05, 0.1) is 0 Å². The number of piperidine rings is 1. The molecule has 1 atom stereocenters. The average molecular weight is 320 g/mol. The minimum absolute atomic E-state index is 0.431. The summed E-state index contributed by atoms with van der Waals surface area (Å²) >= 11 is 3.50. The first-order valence-electron chi connectivity index (χ1n) is 6.85. The lowest BCUT2D eigenvalue weighted by molar-refractivity contribution is 0.371. The van der Waals surface area contributed by atoms with Gasteiger partial charge in [0.15, 0.2) is 0 Å². The van der Waals surface area contributed by atoms with Crippen molar-refractivity contribution in [3.05, 3.63) is 40.4 Å². The van der Waals surface area contributed by atoms with E-state index in [0.29, 0.717) is 11.7 Å². The summed E-state index contributed by atoms with van der Waals surface area (Å²) in [5, 5.41) is 16.0. The number of nitrogens with one attached hydrogen (secondary N) is 1. The minimum Gasteiger partial charge on any atom is -0.508 e. The summed E-state index contributed by atoms with van der Waals surface area (Å²) in [4.78, 5) is 0. The quantitative estimate of drug-likeness (QED) is 0.881. The topological polar surface area (TPSA) is 32.3 Å². The molecule has 19 heavy (non-hydrogen) atoms. The van der Waals surface area contributed by atoms with Crippen molar-refractivity contribution in [3.63, 3.8) is 0 Å². The zero-order valence-electron chi connectivity index (χ0n) is 10.8. The van der Waals surface area contributed by atoms with Crippen LogP contribution < -0.4 is 5.32 Å². The molecule has 0 aromatic heterocycles. The molecule has 2 aromatic rings. The molecule has 0 saturated carbocycles. The SMILES string of the molecule is Oc1ccc2cc(Br)ccc2c1CC1CCCNC1. The van der Waals surface area contributed by atoms with Crippen LogP contribution in [0.15, 0.2) is 34.8 Å². The molecule has 3 rings (SSSR count). The molecule has 2 N–H and O–H groups in total. The second kappa shape index (κ2) is 5.51. The Hall–Kier alpha value is -1.06. The third kappa shape index (κ3) is 2.77. The van der Waals surface area contributed by atoms with Crippen LogP contribution in [0, 0.1) is 5.92 Å². The van der Waals surface area contributed by atoms with Crippen molar-refractivity contribution >= 4 is 26.7 Å². The van der Waals surface area contributed by atoms with Crippen molar-refractivity contribution in [1.82, 2.24) is 5.32 Å². The number of halogens is 1. The van der Waals surface area contributed by atoms with Crippen molar-refractivity contribution in [1.29, 1.82) is 0 Å². The van der Waals surface area contributed by atoms with E-state index in [4.69, 9.17) is 0 Å². The molecule has 0 spiro atoms. The van der Waals surface area contributed by atoms with E-state index in [-0.39, 0.29) is 0 Å². The van der Waals surface area contributed by atoms with Gasteiger partial charge in [-0.3, -0.25) is 0 Å². The maximum Gasteiger partial charge on any atom is 0.119 e. The second-order valence-corrected chi connectivity index (χ2v) is 6.26. The van der Waals surface area contributed by atoms with Crippen LogP contribution in [0.2, 0.25) is 0 Å². The number of phenolic OH excluding ortho intramolecular Hbond substituents is 1. The highest BCUT2D eigenvalue weighted by Crippen LogP contribution is 2.32. The van der Waals surface area contributed by atoms with Gasteiger partial charge in [0.25, 0.3) is 0 Å². The van der Waals surface area contributed by atoms with E-state index < -0.39 is 0 Å². The molecule has 2 nitrogen and oxygen atoms in total. The van der Waals surface area contributed by atoms with Crippen LogP contribution in [0.4, 0.5) is 0 Å². The van der Waals surface area contributed by atoms with Crippen molar-refractivity contribution in [2.24, 2.45) is 5.92 Å². The van der Waals surface area contributed by atoms with E-state index >= 15 is 0 Å². The van der Waals surface area contributed by atoms with E-state index in [9.17, 15) is 5.11 Å². The zero-order valence-corrected chi connectivity index (χ0v) is 12.4. The summed E-state index contributed by atoms with van der Waals surface area (Å²) < 4.78 is 1.08. The van der Waals surface area contributed by atoms with Gasteiger partial charge in [-0.25, -0.2) is 0 Å². The molecule has 0 aliphatic carbocycles. The summed E-state index contributed by atoms with van der Waals surface area (Å²) in [5.74, 6) is 1.06. The Kier molecular flexibility index (Phi) is 3.76. The number of rotatable bonds is 2. The standard InChI is InChI=1S/C16H18BrNO/c17-13-4-5-14-12(9-13)3-6-16(19)15(14)8-11-2-1-7-18-10-11/h3-6,9,11,18-19H,1-2,7-8,10H2. The average Bonchev–Trinajstić information content (AvgIpc) is 2.43. The summed E-state index contributed by atoms with van der Waals surface area (Å²) in [6.07, 6.45) is 3.44. The van der Waals surface area contributed by atoms with Crippen LogP contribution >= 0.6 is 15.9 Å². The molecule has 3 heteroatoms. The summed E-state index contributed by atoms with van der Waals surface area (Å²) in [6, 6.07) is 10.1. The first kappa shape index (κ1) is 12.9. The van der Waals surface area contributed by atoms with Gasteiger partial charge in [-0.1, -0.05) is 28.1 Å². The van der Waals surface area contributed by atoms with Crippen LogP contribution in [0.1, 0.15) is 18.4 Å². The number of aromatic hydroxyl groups is 1. The highest BCUT2D eigenvalue weighted by Gasteiger charge is 2.17. The van der Waals surface area contributed by atoms with Gasteiger partial charge in [0, 0.05) is 10.0 Å². The molecule has 0 amide bonds. The number of hydrogen-bond acceptors (Lipinski definition) is 2. The molecule has 100 valence electrons. The minimum atomic E-state index is 0.431. The second-order valence-electron chi connectivity index (χ2n) is 5.35. The lowest BCUT2D eigenvalue weighted by atomic mass is 9.89. The van der Waals surface area contributed by atoms with Gasteiger partial charge in [0.1, 0.15) is 5.75 Å². The molecule has 0 bridgehead atoms. The molecule has 0 radical (unpaired) electrons. The van der Waals surface area contributed by atoms with Gasteiger partial charge < -0.3 is 10.4 Å². The highest BCUT2D eigenvalue weighted by atomic mass is 79.9. The number of fused-ring (bicyclic) bond motifs is 1. The Morgan fingerprint density at radius 3 is 2.95 bits per heavy atom. The number of benzene rings is 2. The fourth-order valence-electron chi connectivity index (χ4n) is 2.95. The van der Waals surface area contributed by atoms with E-state index in [1.807, 2.05) is 18.2 Å². The van der Waals surface area contributed by atoms with Crippen molar-refractivity contribution in [2.45, 2.75) is 19.3 Å². The van der Waals surface area contributed by atoms with Gasteiger partial charge in [0.2, 0.25) is 0 Å². The van der Waals surface area contributed by atoms with Crippen LogP contribution in [-0.2, 0) is 6.42 Å². The van der Waals surface area contributed by atoms with Crippen LogP contribution in [-0.4, -0.2) is 18.2 Å². The molecular formula is C16H18BrNO. The molecule has 1 aliphatic heterocycles. The van der Waals surface area contributed by atoms with Crippen LogP contribution in [0.25, 0.3) is 10.8 Å². The van der Waals surface area contributed by atoms with Crippen LogP contribution in [0.5, 0.6) is 5.75 Å². The molecule has 1 saturated heterocycles. The van der Waals surface area contributed by atoms with E-state index in [1.165, 1.54) is 23.6 Å². The van der Waals surface area contributed by atoms with Gasteiger partial charge in [-0.15, -0.1) is 0 Å². The Bertz CT molecular complexity index is 591. The zero-order chi connectivity index (χ0) is 13.2. The van der Waals surface area contributed by atoms with Gasteiger partial charge in [-0.2, -0.15) is 0 Å². The van der Waals surface area contributed by atoms with E-state index in [0.717, 1.165) is 29.5 Å². The Morgan fingerprint density at radius 2 is 2.16 bits per heavy atom. The Labute approximate surface area is 122 Å². The van der Waals surface area contributed by atoms with Crippen molar-refractivity contribution in [3.8, 4) is 5.75 Å². The first-order chi connectivity index (χ1) is 9.24. The summed E-state index contributed by atoms with van der Waals surface area (Å²) in [5.41, 5.74) is 1.10. The largest absolute Gasteiger partial charge is 0.508 e. The van der Waals surface area contributed by atoms with E-state index in [1.54, 1.807) is 0 Å². The fraction of sp³-hybridized carbons (Fsp3) is 0.375. The normalized spacial score (nSPS) is 19.7. The monoisotopic (exact) mass is 319 g/mol. The first-order valence-corrected chi connectivity index (χ1v) is 7.64. The predicted octanol–water partition coefficient (Wildman–Crippen LogP) is 3.85. The fourth-order valence-corrected chi connectivity index (χ4v) is 3.33. The Morgan fingerprint density at radius 1 is 1.26 bits per heavy atom. The highest BCUT2D eigenvalue weighted by molar-refractivity contribution is 9.10. The van der Waals surface area contributed by atoms with Crippen LogP contribution in [0.3, 0.4) is 0 Å². The summed E-state index contributed by atoms with van der Waals surface area (Å²) in [7, 11) is 0. The number of phenols is 1. The molecule has 1 fully saturated rings. The predicted molar refractivity (Wildman–Crippen MR) is 82.6 cm³/mol. The lowest BCUT2D eigenvalue weighted by Crippen LogP contribution is -2.30. The number of hydrogen-bond donors (Lipinski definition) is 2. The molecule has 1 unspecified atom stereocenters. The molecule has 1 aliphatic rings. The maximum absolute atomic E-state index is 10.2. The van der Waals surface area contributed by atoms with Gasteiger partial charge in [-0.05, 0) is 67.2 Å². The molecular weight excluding hydrogens is 302 g/mol. The Balaban J connectivity index is 1.98. The molecule has 1 heterocycles. The van der Waals surface area contributed by atoms with Crippen molar-refractivity contribution in [2.75, 3.05) is 13.1 Å². The third-order valence-electron chi connectivity index (χ3n) is 3.96. The molecule has 2 aromatic carbocycles. The summed E-state index contributed by atoms with van der Waals surface area (Å²) in [6.45, 7) is 2.19. The third-order valence-corrected chi connectivity index (χ3v) is 4.45. The van der Waals surface area contributed by atoms with E-state index in [2.05, 4.69) is 33.4 Å².